The highest BCUT2D eigenvalue weighted by Gasteiger charge is 2.23. The number of hydrogen-bond donors (Lipinski definition) is 2. The third kappa shape index (κ3) is 3.82. The quantitative estimate of drug-likeness (QED) is 0.737. The van der Waals surface area contributed by atoms with Crippen LogP contribution in [0, 0.1) is 5.92 Å². The molecule has 3 heteroatoms. The van der Waals surface area contributed by atoms with Crippen LogP contribution in [0.4, 0.5) is 0 Å². The summed E-state index contributed by atoms with van der Waals surface area (Å²) in [6.07, 6.45) is 7.34. The summed E-state index contributed by atoms with van der Waals surface area (Å²) in [6.45, 7) is 2.81. The smallest absolute Gasteiger partial charge is 0.234 e. The van der Waals surface area contributed by atoms with Gasteiger partial charge in [-0.2, -0.15) is 0 Å². The molecule has 0 aromatic heterocycles. The summed E-state index contributed by atoms with van der Waals surface area (Å²) in [6, 6.07) is 1.07. The van der Waals surface area contributed by atoms with Crippen molar-refractivity contribution in [2.45, 2.75) is 57.5 Å². The fourth-order valence-corrected chi connectivity index (χ4v) is 2.21. The van der Waals surface area contributed by atoms with Gasteiger partial charge in [0.1, 0.15) is 0 Å². The van der Waals surface area contributed by atoms with Crippen LogP contribution in [0.5, 0.6) is 0 Å². The number of hydrogen-bond acceptors (Lipinski definition) is 2. The maximum atomic E-state index is 11.6. The summed E-state index contributed by atoms with van der Waals surface area (Å²) in [7, 11) is 0. The Kier molecular flexibility index (Phi) is 3.62. The highest BCUT2D eigenvalue weighted by molar-refractivity contribution is 5.78. The zero-order valence-electron chi connectivity index (χ0n) is 9.59. The van der Waals surface area contributed by atoms with Crippen molar-refractivity contribution in [2.24, 2.45) is 5.92 Å². The van der Waals surface area contributed by atoms with Gasteiger partial charge < -0.3 is 10.6 Å². The van der Waals surface area contributed by atoms with E-state index in [4.69, 9.17) is 0 Å². The number of carbonyl (C=O) groups excluding carboxylic acids is 1. The Labute approximate surface area is 92.0 Å². The summed E-state index contributed by atoms with van der Waals surface area (Å²) in [4.78, 5) is 11.6. The zero-order chi connectivity index (χ0) is 10.7. The van der Waals surface area contributed by atoms with Crippen molar-refractivity contribution in [3.05, 3.63) is 0 Å². The molecule has 2 saturated carbocycles. The molecule has 0 unspecified atom stereocenters. The van der Waals surface area contributed by atoms with Gasteiger partial charge in [-0.1, -0.05) is 6.92 Å². The third-order valence-corrected chi connectivity index (χ3v) is 3.51. The van der Waals surface area contributed by atoms with Crippen LogP contribution in [-0.2, 0) is 4.79 Å². The number of carbonyl (C=O) groups is 1. The van der Waals surface area contributed by atoms with Crippen LogP contribution in [0.3, 0.4) is 0 Å². The molecular formula is C12H22N2O. The van der Waals surface area contributed by atoms with Crippen molar-refractivity contribution >= 4 is 5.91 Å². The van der Waals surface area contributed by atoms with Gasteiger partial charge in [-0.25, -0.2) is 0 Å². The van der Waals surface area contributed by atoms with Crippen LogP contribution < -0.4 is 10.6 Å². The lowest BCUT2D eigenvalue weighted by atomic mass is 9.87. The van der Waals surface area contributed by atoms with E-state index >= 15 is 0 Å². The van der Waals surface area contributed by atoms with Crippen LogP contribution in [0.2, 0.25) is 0 Å². The van der Waals surface area contributed by atoms with Gasteiger partial charge >= 0.3 is 0 Å². The van der Waals surface area contributed by atoms with Gasteiger partial charge in [0.2, 0.25) is 5.91 Å². The van der Waals surface area contributed by atoms with Crippen molar-refractivity contribution in [3.63, 3.8) is 0 Å². The minimum atomic E-state index is 0.182. The fourth-order valence-electron chi connectivity index (χ4n) is 2.21. The summed E-state index contributed by atoms with van der Waals surface area (Å²) < 4.78 is 0. The van der Waals surface area contributed by atoms with Gasteiger partial charge in [-0.3, -0.25) is 4.79 Å². The Balaban J connectivity index is 1.60. The molecule has 0 saturated heterocycles. The molecule has 0 aromatic carbocycles. The van der Waals surface area contributed by atoms with Crippen LogP contribution in [0.15, 0.2) is 0 Å². The molecular weight excluding hydrogens is 188 g/mol. The van der Waals surface area contributed by atoms with E-state index in [1.807, 2.05) is 0 Å². The lowest BCUT2D eigenvalue weighted by molar-refractivity contribution is -0.121. The van der Waals surface area contributed by atoms with Crippen LogP contribution >= 0.6 is 0 Å². The second-order valence-corrected chi connectivity index (χ2v) is 5.18. The molecule has 1 amide bonds. The molecule has 0 atom stereocenters. The first-order valence-corrected chi connectivity index (χ1v) is 6.27. The maximum Gasteiger partial charge on any atom is 0.234 e. The van der Waals surface area contributed by atoms with E-state index in [1.54, 1.807) is 0 Å². The first kappa shape index (κ1) is 10.9. The molecule has 2 aliphatic carbocycles. The Hall–Kier alpha value is -0.570. The van der Waals surface area contributed by atoms with E-state index in [0.29, 0.717) is 18.6 Å². The maximum absolute atomic E-state index is 11.6. The monoisotopic (exact) mass is 210 g/mol. The van der Waals surface area contributed by atoms with Crippen molar-refractivity contribution in [1.29, 1.82) is 0 Å². The molecule has 2 rings (SSSR count). The number of nitrogens with one attached hydrogen (secondary N) is 2. The van der Waals surface area contributed by atoms with Crippen LogP contribution in [-0.4, -0.2) is 24.5 Å². The average Bonchev–Trinajstić information content (AvgIpc) is 3.02. The molecule has 0 radical (unpaired) electrons. The highest BCUT2D eigenvalue weighted by Crippen LogP contribution is 2.23. The highest BCUT2D eigenvalue weighted by atomic mass is 16.1. The Morgan fingerprint density at radius 2 is 1.67 bits per heavy atom. The Bertz CT molecular complexity index is 218. The van der Waals surface area contributed by atoms with Gasteiger partial charge in [0.15, 0.2) is 0 Å². The first-order chi connectivity index (χ1) is 7.24. The first-order valence-electron chi connectivity index (χ1n) is 6.27. The zero-order valence-corrected chi connectivity index (χ0v) is 9.59. The normalized spacial score (nSPS) is 31.3. The second kappa shape index (κ2) is 4.97. The molecule has 0 aliphatic heterocycles. The van der Waals surface area contributed by atoms with Crippen LogP contribution in [0.25, 0.3) is 0 Å². The summed E-state index contributed by atoms with van der Waals surface area (Å²) >= 11 is 0. The summed E-state index contributed by atoms with van der Waals surface area (Å²) in [5.41, 5.74) is 0. The molecule has 3 nitrogen and oxygen atoms in total. The van der Waals surface area contributed by atoms with Crippen molar-refractivity contribution in [3.8, 4) is 0 Å². The molecule has 0 heterocycles. The fraction of sp³-hybridized carbons (Fsp3) is 0.917. The van der Waals surface area contributed by atoms with Crippen molar-refractivity contribution in [2.75, 3.05) is 6.54 Å². The topological polar surface area (TPSA) is 41.1 Å². The van der Waals surface area contributed by atoms with Gasteiger partial charge in [0, 0.05) is 12.1 Å². The molecule has 0 bridgehead atoms. The van der Waals surface area contributed by atoms with Crippen molar-refractivity contribution in [1.82, 2.24) is 10.6 Å². The van der Waals surface area contributed by atoms with E-state index < -0.39 is 0 Å². The van der Waals surface area contributed by atoms with Gasteiger partial charge in [0.05, 0.1) is 6.54 Å². The van der Waals surface area contributed by atoms with E-state index in [-0.39, 0.29) is 5.91 Å². The predicted molar refractivity (Wildman–Crippen MR) is 60.6 cm³/mol. The Morgan fingerprint density at radius 1 is 1.07 bits per heavy atom. The van der Waals surface area contributed by atoms with E-state index in [1.165, 1.54) is 25.7 Å². The second-order valence-electron chi connectivity index (χ2n) is 5.18. The molecule has 0 aromatic rings. The molecule has 2 aliphatic rings. The summed E-state index contributed by atoms with van der Waals surface area (Å²) in [5, 5.41) is 6.36. The molecule has 0 spiro atoms. The standard InChI is InChI=1S/C12H22N2O/c1-9-2-4-11(5-3-9)14-12(15)8-13-10-6-7-10/h9-11,13H,2-8H2,1H3,(H,14,15). The lowest BCUT2D eigenvalue weighted by Crippen LogP contribution is -2.42. The average molecular weight is 210 g/mol. The number of rotatable bonds is 4. The van der Waals surface area contributed by atoms with E-state index in [0.717, 1.165) is 18.8 Å². The molecule has 15 heavy (non-hydrogen) atoms. The van der Waals surface area contributed by atoms with Gasteiger partial charge in [-0.15, -0.1) is 0 Å². The van der Waals surface area contributed by atoms with Crippen LogP contribution in [0.1, 0.15) is 45.4 Å². The largest absolute Gasteiger partial charge is 0.352 e. The predicted octanol–water partition coefficient (Wildman–Crippen LogP) is 1.43. The lowest BCUT2D eigenvalue weighted by Gasteiger charge is -2.26. The van der Waals surface area contributed by atoms with E-state index in [9.17, 15) is 4.79 Å². The van der Waals surface area contributed by atoms with Gasteiger partial charge in [-0.05, 0) is 44.4 Å². The third-order valence-electron chi connectivity index (χ3n) is 3.51. The van der Waals surface area contributed by atoms with Gasteiger partial charge in [0.25, 0.3) is 0 Å². The Morgan fingerprint density at radius 3 is 2.27 bits per heavy atom. The molecule has 86 valence electrons. The minimum absolute atomic E-state index is 0.182. The molecule has 2 fully saturated rings. The minimum Gasteiger partial charge on any atom is -0.352 e. The van der Waals surface area contributed by atoms with E-state index in [2.05, 4.69) is 17.6 Å². The number of amides is 1. The summed E-state index contributed by atoms with van der Waals surface area (Å²) in [5.74, 6) is 1.03. The molecule has 2 N–H and O–H groups in total. The van der Waals surface area contributed by atoms with Crippen molar-refractivity contribution < 1.29 is 4.79 Å². The SMILES string of the molecule is CC1CCC(NC(=O)CNC2CC2)CC1.